The molecule has 0 bridgehead atoms. The molecule has 23 heavy (non-hydrogen) atoms. The van der Waals surface area contributed by atoms with E-state index in [0.717, 1.165) is 44.0 Å². The minimum Gasteiger partial charge on any atom is -0.360 e. The molecular weight excluding hydrogens is 308 g/mol. The number of carbonyl (C=O) groups excluding carboxylic acids is 1. The Bertz CT molecular complexity index is 446. The van der Waals surface area contributed by atoms with Crippen LogP contribution in [0.2, 0.25) is 0 Å². The summed E-state index contributed by atoms with van der Waals surface area (Å²) in [6.45, 7) is 13.2. The number of rotatable bonds is 4. The van der Waals surface area contributed by atoms with Crippen LogP contribution in [0.25, 0.3) is 0 Å². The predicted molar refractivity (Wildman–Crippen MR) is 98.2 cm³/mol. The van der Waals surface area contributed by atoms with E-state index in [4.69, 9.17) is 12.2 Å². The third kappa shape index (κ3) is 3.63. The first kappa shape index (κ1) is 18.5. The van der Waals surface area contributed by atoms with Gasteiger partial charge in [-0.2, -0.15) is 0 Å². The summed E-state index contributed by atoms with van der Waals surface area (Å²) in [5.74, 6) is 0.649. The normalized spacial score (nSPS) is 25.3. The van der Waals surface area contributed by atoms with Crippen LogP contribution in [0, 0.1) is 5.92 Å². The molecule has 2 atom stereocenters. The van der Waals surface area contributed by atoms with Gasteiger partial charge in [0.05, 0.1) is 11.7 Å². The molecule has 2 aliphatic heterocycles. The van der Waals surface area contributed by atoms with Gasteiger partial charge in [-0.25, -0.2) is 0 Å². The summed E-state index contributed by atoms with van der Waals surface area (Å²) in [6, 6.07) is 0.318. The molecule has 2 saturated heterocycles. The van der Waals surface area contributed by atoms with Crippen LogP contribution >= 0.6 is 12.2 Å². The van der Waals surface area contributed by atoms with Crippen LogP contribution < -0.4 is 10.6 Å². The second-order valence-electron chi connectivity index (χ2n) is 7.21. The zero-order valence-corrected chi connectivity index (χ0v) is 16.0. The zero-order chi connectivity index (χ0) is 17.2. The molecule has 5 nitrogen and oxygen atoms in total. The van der Waals surface area contributed by atoms with E-state index >= 15 is 0 Å². The summed E-state index contributed by atoms with van der Waals surface area (Å²) in [5, 5.41) is 7.85. The Morgan fingerprint density at radius 1 is 1.35 bits per heavy atom. The minimum atomic E-state index is -0.177. The van der Waals surface area contributed by atoms with Crippen molar-refractivity contribution in [3.05, 3.63) is 0 Å². The smallest absolute Gasteiger partial charge is 0.241 e. The fourth-order valence-corrected chi connectivity index (χ4v) is 4.14. The van der Waals surface area contributed by atoms with Gasteiger partial charge in [0.2, 0.25) is 5.91 Å². The van der Waals surface area contributed by atoms with E-state index in [0.29, 0.717) is 12.0 Å². The van der Waals surface area contributed by atoms with Crippen molar-refractivity contribution >= 4 is 23.2 Å². The topological polar surface area (TPSA) is 47.6 Å². The van der Waals surface area contributed by atoms with Crippen LogP contribution in [0.1, 0.15) is 53.9 Å². The monoisotopic (exact) mass is 340 g/mol. The molecular formula is C17H32N4OS. The van der Waals surface area contributed by atoms with Crippen LogP contribution in [-0.2, 0) is 4.79 Å². The lowest BCUT2D eigenvalue weighted by Crippen LogP contribution is -2.60. The summed E-state index contributed by atoms with van der Waals surface area (Å²) >= 11 is 5.49. The summed E-state index contributed by atoms with van der Waals surface area (Å²) in [6.07, 6.45) is 2.88. The maximum atomic E-state index is 12.8. The van der Waals surface area contributed by atoms with Crippen LogP contribution in [0.5, 0.6) is 0 Å². The number of hydrogen-bond acceptors (Lipinski definition) is 3. The van der Waals surface area contributed by atoms with Crippen molar-refractivity contribution in [1.29, 1.82) is 0 Å². The number of likely N-dealkylation sites (N-methyl/N-ethyl adjacent to an activating group) is 1. The quantitative estimate of drug-likeness (QED) is 0.766. The SMILES string of the molecule is CC[C@H](C)[C@H]1NC2(CCN(C(=S)NC(C)C)CC2)N(CC)C1=O. The Morgan fingerprint density at radius 3 is 2.43 bits per heavy atom. The Hall–Kier alpha value is -0.880. The third-order valence-corrected chi connectivity index (χ3v) is 5.67. The number of piperidine rings is 1. The average molecular weight is 341 g/mol. The van der Waals surface area contributed by atoms with E-state index in [2.05, 4.69) is 55.1 Å². The number of hydrogen-bond donors (Lipinski definition) is 2. The molecule has 2 aliphatic rings. The summed E-state index contributed by atoms with van der Waals surface area (Å²) in [4.78, 5) is 17.1. The highest BCUT2D eigenvalue weighted by molar-refractivity contribution is 7.80. The van der Waals surface area contributed by atoms with Crippen molar-refractivity contribution in [2.45, 2.75) is 71.6 Å². The highest BCUT2D eigenvalue weighted by Gasteiger charge is 2.51. The lowest BCUT2D eigenvalue weighted by atomic mass is 9.95. The molecule has 132 valence electrons. The van der Waals surface area contributed by atoms with Gasteiger partial charge in [-0.3, -0.25) is 10.1 Å². The Kier molecular flexibility index (Phi) is 5.89. The number of nitrogens with zero attached hydrogens (tertiary/aromatic N) is 2. The average Bonchev–Trinajstić information content (AvgIpc) is 2.78. The second-order valence-corrected chi connectivity index (χ2v) is 7.60. The number of nitrogens with one attached hydrogen (secondary N) is 2. The first-order valence-corrected chi connectivity index (χ1v) is 9.40. The highest BCUT2D eigenvalue weighted by Crippen LogP contribution is 2.34. The molecule has 0 radical (unpaired) electrons. The van der Waals surface area contributed by atoms with E-state index < -0.39 is 0 Å². The fraction of sp³-hybridized carbons (Fsp3) is 0.882. The molecule has 0 aromatic carbocycles. The fourth-order valence-electron chi connectivity index (χ4n) is 3.72. The molecule has 0 unspecified atom stereocenters. The minimum absolute atomic E-state index is 0.0350. The summed E-state index contributed by atoms with van der Waals surface area (Å²) in [7, 11) is 0. The van der Waals surface area contributed by atoms with Gasteiger partial charge in [-0.15, -0.1) is 0 Å². The maximum absolute atomic E-state index is 12.8. The van der Waals surface area contributed by atoms with Gasteiger partial charge >= 0.3 is 0 Å². The molecule has 2 rings (SSSR count). The molecule has 1 amide bonds. The lowest BCUT2D eigenvalue weighted by molar-refractivity contribution is -0.133. The van der Waals surface area contributed by atoms with Gasteiger partial charge in [0.1, 0.15) is 0 Å². The van der Waals surface area contributed by atoms with Crippen LogP contribution in [0.15, 0.2) is 0 Å². The van der Waals surface area contributed by atoms with E-state index in [9.17, 15) is 4.79 Å². The van der Waals surface area contributed by atoms with E-state index in [-0.39, 0.29) is 17.6 Å². The molecule has 0 aromatic rings. The lowest BCUT2D eigenvalue weighted by Gasteiger charge is -2.45. The van der Waals surface area contributed by atoms with E-state index in [1.807, 2.05) is 0 Å². The third-order valence-electron chi connectivity index (χ3n) is 5.29. The first-order valence-electron chi connectivity index (χ1n) is 8.99. The summed E-state index contributed by atoms with van der Waals surface area (Å²) in [5.41, 5.74) is -0.177. The Morgan fingerprint density at radius 2 is 1.96 bits per heavy atom. The molecule has 0 aromatic heterocycles. The van der Waals surface area contributed by atoms with E-state index in [1.54, 1.807) is 0 Å². The first-order chi connectivity index (χ1) is 10.8. The standard InChI is InChI=1S/C17H32N4OS/c1-6-13(5)14-15(22)21(7-2)17(19-14)8-10-20(11-9-17)16(23)18-12(3)4/h12-14,19H,6-11H2,1-5H3,(H,18,23)/t13-,14+/m0/s1. The molecule has 2 heterocycles. The molecule has 2 N–H and O–H groups in total. The van der Waals surface area contributed by atoms with Gasteiger partial charge in [0, 0.05) is 38.5 Å². The predicted octanol–water partition coefficient (Wildman–Crippen LogP) is 1.93. The van der Waals surface area contributed by atoms with Crippen LogP contribution in [0.3, 0.4) is 0 Å². The van der Waals surface area contributed by atoms with Gasteiger partial charge in [-0.05, 0) is 38.9 Å². The van der Waals surface area contributed by atoms with Gasteiger partial charge in [0.25, 0.3) is 0 Å². The van der Waals surface area contributed by atoms with E-state index in [1.165, 1.54) is 0 Å². The number of thiocarbonyl (C=S) groups is 1. The number of likely N-dealkylation sites (tertiary alicyclic amines) is 1. The number of amides is 1. The van der Waals surface area contributed by atoms with Gasteiger partial charge in [0.15, 0.2) is 5.11 Å². The van der Waals surface area contributed by atoms with Crippen molar-refractivity contribution in [3.8, 4) is 0 Å². The summed E-state index contributed by atoms with van der Waals surface area (Å²) < 4.78 is 0. The van der Waals surface area contributed by atoms with Crippen LogP contribution in [0.4, 0.5) is 0 Å². The largest absolute Gasteiger partial charge is 0.360 e. The van der Waals surface area contributed by atoms with Gasteiger partial charge in [-0.1, -0.05) is 20.3 Å². The zero-order valence-electron chi connectivity index (χ0n) is 15.2. The highest BCUT2D eigenvalue weighted by atomic mass is 32.1. The molecule has 0 aliphatic carbocycles. The maximum Gasteiger partial charge on any atom is 0.241 e. The Balaban J connectivity index is 2.06. The van der Waals surface area contributed by atoms with Crippen molar-refractivity contribution < 1.29 is 4.79 Å². The van der Waals surface area contributed by atoms with Crippen molar-refractivity contribution in [1.82, 2.24) is 20.4 Å². The van der Waals surface area contributed by atoms with Crippen molar-refractivity contribution in [2.24, 2.45) is 5.92 Å². The molecule has 0 saturated carbocycles. The van der Waals surface area contributed by atoms with Crippen LogP contribution in [-0.4, -0.2) is 58.2 Å². The van der Waals surface area contributed by atoms with Crippen molar-refractivity contribution in [3.63, 3.8) is 0 Å². The second kappa shape index (κ2) is 7.34. The van der Waals surface area contributed by atoms with Crippen molar-refractivity contribution in [2.75, 3.05) is 19.6 Å². The molecule has 6 heteroatoms. The molecule has 1 spiro atoms. The Labute approximate surface area is 146 Å². The number of carbonyl (C=O) groups is 1. The molecule has 2 fully saturated rings. The van der Waals surface area contributed by atoms with Gasteiger partial charge < -0.3 is 15.1 Å².